The number of halogens is 1. The molecule has 0 spiro atoms. The van der Waals surface area contributed by atoms with E-state index in [0.29, 0.717) is 50.8 Å². The molecule has 5 rings (SSSR count). The summed E-state index contributed by atoms with van der Waals surface area (Å²) in [6.07, 6.45) is 0.398. The van der Waals surface area contributed by atoms with E-state index < -0.39 is 0 Å². The van der Waals surface area contributed by atoms with Gasteiger partial charge in [0.2, 0.25) is 11.9 Å². The summed E-state index contributed by atoms with van der Waals surface area (Å²) < 4.78 is 14.1. The third kappa shape index (κ3) is 5.73. The number of aromatic amines is 1. The number of amides is 1. The van der Waals surface area contributed by atoms with Crippen molar-refractivity contribution in [2.75, 3.05) is 62.2 Å². The van der Waals surface area contributed by atoms with Crippen LogP contribution < -0.4 is 15.4 Å². The van der Waals surface area contributed by atoms with E-state index in [0.717, 1.165) is 37.4 Å². The first-order chi connectivity index (χ1) is 17.5. The number of H-pyrrole nitrogens is 1. The first-order valence-corrected chi connectivity index (χ1v) is 12.4. The molecule has 1 N–H and O–H groups in total. The first kappa shape index (κ1) is 24.0. The van der Waals surface area contributed by atoms with Crippen molar-refractivity contribution in [1.82, 2.24) is 19.8 Å². The van der Waals surface area contributed by atoms with Crippen molar-refractivity contribution < 1.29 is 9.18 Å². The van der Waals surface area contributed by atoms with Gasteiger partial charge in [0, 0.05) is 65.0 Å². The zero-order valence-corrected chi connectivity index (χ0v) is 20.3. The third-order valence-electron chi connectivity index (χ3n) is 6.86. The highest BCUT2D eigenvalue weighted by atomic mass is 19.1. The molecule has 0 unspecified atom stereocenters. The van der Waals surface area contributed by atoms with E-state index >= 15 is 0 Å². The van der Waals surface area contributed by atoms with Crippen molar-refractivity contribution in [2.45, 2.75) is 13.0 Å². The molecule has 3 heterocycles. The fourth-order valence-electron chi connectivity index (χ4n) is 4.86. The Labute approximate surface area is 210 Å². The largest absolute Gasteiger partial charge is 0.367 e. The number of hydrogen-bond donors (Lipinski definition) is 1. The molecule has 0 bridgehead atoms. The van der Waals surface area contributed by atoms with Crippen molar-refractivity contribution >= 4 is 17.5 Å². The van der Waals surface area contributed by atoms with Gasteiger partial charge in [-0.25, -0.2) is 9.37 Å². The molecule has 2 aromatic carbocycles. The molecule has 2 fully saturated rings. The molecule has 1 aromatic heterocycles. The molecule has 9 heteroatoms. The van der Waals surface area contributed by atoms with E-state index in [-0.39, 0.29) is 17.3 Å². The van der Waals surface area contributed by atoms with Gasteiger partial charge in [-0.15, -0.1) is 0 Å². The second-order valence-corrected chi connectivity index (χ2v) is 9.31. The minimum Gasteiger partial charge on any atom is -0.367 e. The topological polar surface area (TPSA) is 75.8 Å². The Morgan fingerprint density at radius 1 is 0.861 bits per heavy atom. The second kappa shape index (κ2) is 10.9. The quantitative estimate of drug-likeness (QED) is 0.571. The number of aromatic nitrogens is 2. The summed E-state index contributed by atoms with van der Waals surface area (Å²) in [5.74, 6) is 0.469. The van der Waals surface area contributed by atoms with E-state index in [1.807, 2.05) is 52.3 Å². The molecule has 8 nitrogen and oxygen atoms in total. The average molecular weight is 491 g/mol. The monoisotopic (exact) mass is 490 g/mol. The molecule has 0 aliphatic carbocycles. The summed E-state index contributed by atoms with van der Waals surface area (Å²) in [6.45, 7) is 5.96. The van der Waals surface area contributed by atoms with Gasteiger partial charge in [-0.3, -0.25) is 19.5 Å². The fraction of sp³-hybridized carbons (Fsp3) is 0.370. The number of nitrogens with zero attached hydrogens (tertiary/aromatic N) is 5. The highest BCUT2D eigenvalue weighted by molar-refractivity contribution is 5.79. The molecule has 188 valence electrons. The van der Waals surface area contributed by atoms with Crippen LogP contribution in [0, 0.1) is 5.82 Å². The van der Waals surface area contributed by atoms with Crippen molar-refractivity contribution in [1.29, 1.82) is 0 Å². The maximum Gasteiger partial charge on any atom is 0.252 e. The van der Waals surface area contributed by atoms with Gasteiger partial charge in [0.1, 0.15) is 5.82 Å². The Bertz CT molecular complexity index is 1230. The first-order valence-electron chi connectivity index (χ1n) is 12.4. The average Bonchev–Trinajstić information content (AvgIpc) is 2.90. The van der Waals surface area contributed by atoms with Crippen molar-refractivity contribution in [2.24, 2.45) is 0 Å². The van der Waals surface area contributed by atoms with Gasteiger partial charge >= 0.3 is 0 Å². The van der Waals surface area contributed by atoms with Gasteiger partial charge in [0.15, 0.2) is 0 Å². The van der Waals surface area contributed by atoms with Crippen molar-refractivity contribution in [3.63, 3.8) is 0 Å². The molecule has 0 radical (unpaired) electrons. The van der Waals surface area contributed by atoms with Crippen LogP contribution in [0.4, 0.5) is 16.0 Å². The van der Waals surface area contributed by atoms with E-state index in [4.69, 9.17) is 4.98 Å². The van der Waals surface area contributed by atoms with Crippen LogP contribution >= 0.6 is 0 Å². The number of carbonyl (C=O) groups excluding carboxylic acids is 1. The summed E-state index contributed by atoms with van der Waals surface area (Å²) in [5, 5.41) is 0. The summed E-state index contributed by atoms with van der Waals surface area (Å²) in [6, 6.07) is 18.2. The molecular weight excluding hydrogens is 459 g/mol. The number of nitrogens with one attached hydrogen (secondary N) is 1. The number of para-hydroxylation sites is 1. The molecule has 0 saturated carbocycles. The van der Waals surface area contributed by atoms with Gasteiger partial charge in [0.25, 0.3) is 5.56 Å². The number of benzene rings is 2. The molecule has 2 saturated heterocycles. The molecule has 36 heavy (non-hydrogen) atoms. The predicted octanol–water partition coefficient (Wildman–Crippen LogP) is 2.12. The Morgan fingerprint density at radius 3 is 2.25 bits per heavy atom. The van der Waals surface area contributed by atoms with Crippen molar-refractivity contribution in [3.8, 4) is 0 Å². The minimum absolute atomic E-state index is 0.116. The highest BCUT2D eigenvalue weighted by Gasteiger charge is 2.24. The highest BCUT2D eigenvalue weighted by Crippen LogP contribution is 2.21. The molecule has 0 atom stereocenters. The number of rotatable bonds is 6. The number of hydrogen-bond acceptors (Lipinski definition) is 6. The molecule has 2 aliphatic rings. The lowest BCUT2D eigenvalue weighted by Gasteiger charge is -2.36. The van der Waals surface area contributed by atoms with Crippen LogP contribution in [0.2, 0.25) is 0 Å². The number of carbonyl (C=O) groups is 1. The Morgan fingerprint density at radius 2 is 1.53 bits per heavy atom. The lowest BCUT2D eigenvalue weighted by Crippen LogP contribution is -2.50. The summed E-state index contributed by atoms with van der Waals surface area (Å²) in [5.41, 5.74) is 2.19. The Hall–Kier alpha value is -3.72. The maximum absolute atomic E-state index is 14.1. The van der Waals surface area contributed by atoms with Crippen LogP contribution in [0.15, 0.2) is 65.5 Å². The standard InChI is InChI=1S/C27H31FN6O2/c28-23-8-4-5-9-24(23)32-12-10-31(11-13-32)20-22-19-25(35)30-27(29-22)34-16-14-33(15-17-34)26(36)18-21-6-2-1-3-7-21/h1-9,19H,10-18,20H2,(H,29,30,35). The van der Waals surface area contributed by atoms with E-state index in [9.17, 15) is 14.0 Å². The minimum atomic E-state index is -0.200. The third-order valence-corrected chi connectivity index (χ3v) is 6.86. The van der Waals surface area contributed by atoms with Crippen molar-refractivity contribution in [3.05, 3.63) is 88.1 Å². The number of anilines is 2. The van der Waals surface area contributed by atoms with Crippen LogP contribution in [0.25, 0.3) is 0 Å². The van der Waals surface area contributed by atoms with Crippen LogP contribution in [0.3, 0.4) is 0 Å². The van der Waals surface area contributed by atoms with Gasteiger partial charge in [-0.2, -0.15) is 0 Å². The van der Waals surface area contributed by atoms with E-state index in [1.165, 1.54) is 6.07 Å². The smallest absolute Gasteiger partial charge is 0.252 e. The van der Waals surface area contributed by atoms with Crippen LogP contribution in [0.1, 0.15) is 11.3 Å². The fourth-order valence-corrected chi connectivity index (χ4v) is 4.86. The summed E-state index contributed by atoms with van der Waals surface area (Å²) in [7, 11) is 0. The van der Waals surface area contributed by atoms with Gasteiger partial charge in [0.05, 0.1) is 17.8 Å². The summed E-state index contributed by atoms with van der Waals surface area (Å²) >= 11 is 0. The van der Waals surface area contributed by atoms with Crippen LogP contribution in [-0.2, 0) is 17.8 Å². The normalized spacial score (nSPS) is 16.9. The zero-order valence-electron chi connectivity index (χ0n) is 20.3. The lowest BCUT2D eigenvalue weighted by atomic mass is 10.1. The Kier molecular flexibility index (Phi) is 7.27. The lowest BCUT2D eigenvalue weighted by molar-refractivity contribution is -0.130. The maximum atomic E-state index is 14.1. The van der Waals surface area contributed by atoms with E-state index in [1.54, 1.807) is 12.1 Å². The van der Waals surface area contributed by atoms with E-state index in [2.05, 4.69) is 14.8 Å². The second-order valence-electron chi connectivity index (χ2n) is 9.31. The molecular formula is C27H31FN6O2. The zero-order chi connectivity index (χ0) is 24.9. The van der Waals surface area contributed by atoms with Gasteiger partial charge < -0.3 is 14.7 Å². The Balaban J connectivity index is 1.15. The van der Waals surface area contributed by atoms with Gasteiger partial charge in [-0.1, -0.05) is 42.5 Å². The predicted molar refractivity (Wildman–Crippen MR) is 138 cm³/mol. The molecule has 2 aliphatic heterocycles. The molecule has 1 amide bonds. The van der Waals surface area contributed by atoms with Crippen LogP contribution in [0.5, 0.6) is 0 Å². The molecule has 3 aromatic rings. The van der Waals surface area contributed by atoms with Gasteiger partial charge in [-0.05, 0) is 17.7 Å². The number of piperazine rings is 2. The van der Waals surface area contributed by atoms with Crippen LogP contribution in [-0.4, -0.2) is 78.0 Å². The summed E-state index contributed by atoms with van der Waals surface area (Å²) in [4.78, 5) is 40.9. The SMILES string of the molecule is O=C(Cc1ccccc1)N1CCN(c2nc(CN3CCN(c4ccccc4F)CC3)cc(=O)[nH]2)CC1.